The maximum atomic E-state index is 12.9. The van der Waals surface area contributed by atoms with Crippen molar-refractivity contribution in [2.45, 2.75) is 20.0 Å². The summed E-state index contributed by atoms with van der Waals surface area (Å²) in [7, 11) is 0. The number of aromatic nitrogens is 3. The van der Waals surface area contributed by atoms with Crippen LogP contribution in [0.4, 0.5) is 19.0 Å². The van der Waals surface area contributed by atoms with Crippen LogP contribution in [0.3, 0.4) is 0 Å². The number of nitrogens with one attached hydrogen (secondary N) is 1. The molecule has 1 amide bonds. The summed E-state index contributed by atoms with van der Waals surface area (Å²) < 4.78 is 39.8. The third-order valence-corrected chi connectivity index (χ3v) is 3.49. The van der Waals surface area contributed by atoms with Crippen molar-refractivity contribution in [1.29, 1.82) is 0 Å². The summed E-state index contributed by atoms with van der Waals surface area (Å²) in [5.74, 6) is -0.261. The van der Waals surface area contributed by atoms with E-state index in [2.05, 4.69) is 15.3 Å². The van der Waals surface area contributed by atoms with Gasteiger partial charge in [0.15, 0.2) is 0 Å². The van der Waals surface area contributed by atoms with Gasteiger partial charge >= 0.3 is 6.18 Å². The topological polar surface area (TPSA) is 59.3 Å². The monoisotopic (exact) mass is 334 g/mol. The zero-order chi connectivity index (χ0) is 17.5. The molecule has 24 heavy (non-hydrogen) atoms. The second-order valence-electron chi connectivity index (χ2n) is 5.36. The smallest absolute Gasteiger partial charge is 0.305 e. The zero-order valence-electron chi connectivity index (χ0n) is 12.8. The van der Waals surface area contributed by atoms with Gasteiger partial charge in [-0.3, -0.25) is 9.20 Å². The van der Waals surface area contributed by atoms with Crippen LogP contribution in [0.1, 0.15) is 27.3 Å². The van der Waals surface area contributed by atoms with Gasteiger partial charge < -0.3 is 5.32 Å². The molecule has 8 heteroatoms. The van der Waals surface area contributed by atoms with Gasteiger partial charge in [-0.15, -0.1) is 0 Å². The second kappa shape index (κ2) is 5.63. The Morgan fingerprint density at radius 2 is 1.92 bits per heavy atom. The molecule has 0 aliphatic carbocycles. The Morgan fingerprint density at radius 3 is 2.54 bits per heavy atom. The van der Waals surface area contributed by atoms with Crippen LogP contribution >= 0.6 is 0 Å². The van der Waals surface area contributed by atoms with Crippen molar-refractivity contribution < 1.29 is 18.0 Å². The number of hydrogen-bond acceptors (Lipinski definition) is 3. The molecule has 0 fully saturated rings. The van der Waals surface area contributed by atoms with Crippen LogP contribution in [0, 0.1) is 13.8 Å². The lowest BCUT2D eigenvalue weighted by Crippen LogP contribution is -2.17. The number of fused-ring (bicyclic) bond motifs is 1. The molecule has 3 aromatic rings. The summed E-state index contributed by atoms with van der Waals surface area (Å²) in [4.78, 5) is 20.6. The van der Waals surface area contributed by atoms with Crippen molar-refractivity contribution in [3.05, 3.63) is 59.2 Å². The van der Waals surface area contributed by atoms with E-state index in [1.807, 2.05) is 6.92 Å². The molecule has 0 aliphatic rings. The molecule has 0 saturated heterocycles. The minimum atomic E-state index is -4.50. The maximum absolute atomic E-state index is 12.9. The number of anilines is 1. The summed E-state index contributed by atoms with van der Waals surface area (Å²) in [6, 6.07) is 5.56. The van der Waals surface area contributed by atoms with Crippen LogP contribution in [-0.2, 0) is 6.18 Å². The predicted octanol–water partition coefficient (Wildman–Crippen LogP) is 3.62. The summed E-state index contributed by atoms with van der Waals surface area (Å²) in [5.41, 5.74) is 0.712. The molecular formula is C16H13F3N4O. The Bertz CT molecular complexity index is 913. The van der Waals surface area contributed by atoms with Gasteiger partial charge in [-0.05, 0) is 37.6 Å². The number of rotatable bonds is 2. The first-order chi connectivity index (χ1) is 11.3. The minimum absolute atomic E-state index is 0.0403. The van der Waals surface area contributed by atoms with E-state index < -0.39 is 17.6 Å². The van der Waals surface area contributed by atoms with E-state index in [1.54, 1.807) is 25.3 Å². The number of nitrogens with zero attached hydrogens (tertiary/aromatic N) is 3. The fraction of sp³-hybridized carbons (Fsp3) is 0.188. The normalized spacial score (nSPS) is 11.7. The van der Waals surface area contributed by atoms with Crippen molar-refractivity contribution in [1.82, 2.24) is 14.4 Å². The van der Waals surface area contributed by atoms with Gasteiger partial charge in [-0.1, -0.05) is 6.07 Å². The summed E-state index contributed by atoms with van der Waals surface area (Å²) in [6.45, 7) is 3.42. The van der Waals surface area contributed by atoms with E-state index >= 15 is 0 Å². The van der Waals surface area contributed by atoms with Gasteiger partial charge in [0, 0.05) is 12.4 Å². The SMILES string of the molecule is Cc1ccc(NC(=O)c2c(C)nc3ccc(C(F)(F)F)cn23)nc1. The first-order valence-corrected chi connectivity index (χ1v) is 7.05. The molecule has 5 nitrogen and oxygen atoms in total. The van der Waals surface area contributed by atoms with Crippen molar-refractivity contribution in [3.63, 3.8) is 0 Å². The largest absolute Gasteiger partial charge is 0.417 e. The molecule has 0 atom stereocenters. The molecule has 1 N–H and O–H groups in total. The minimum Gasteiger partial charge on any atom is -0.305 e. The van der Waals surface area contributed by atoms with Crippen LogP contribution in [0.2, 0.25) is 0 Å². The van der Waals surface area contributed by atoms with Crippen LogP contribution in [-0.4, -0.2) is 20.3 Å². The highest BCUT2D eigenvalue weighted by atomic mass is 19.4. The molecule has 0 aromatic carbocycles. The molecule has 3 aromatic heterocycles. The van der Waals surface area contributed by atoms with Gasteiger partial charge in [0.1, 0.15) is 17.2 Å². The number of halogens is 3. The third-order valence-electron chi connectivity index (χ3n) is 3.49. The Morgan fingerprint density at radius 1 is 1.17 bits per heavy atom. The van der Waals surface area contributed by atoms with Crippen LogP contribution < -0.4 is 5.32 Å². The Hall–Kier alpha value is -2.90. The number of alkyl halides is 3. The summed E-state index contributed by atoms with van der Waals surface area (Å²) in [5, 5.41) is 2.57. The molecular weight excluding hydrogens is 321 g/mol. The van der Waals surface area contributed by atoms with Crippen LogP contribution in [0.15, 0.2) is 36.7 Å². The van der Waals surface area contributed by atoms with E-state index in [4.69, 9.17) is 0 Å². The van der Waals surface area contributed by atoms with Gasteiger partial charge in [0.2, 0.25) is 0 Å². The number of pyridine rings is 2. The van der Waals surface area contributed by atoms with Crippen molar-refractivity contribution in [2.24, 2.45) is 0 Å². The number of hydrogen-bond donors (Lipinski definition) is 1. The molecule has 0 saturated carbocycles. The van der Waals surface area contributed by atoms with E-state index in [-0.39, 0.29) is 11.3 Å². The first kappa shape index (κ1) is 16.0. The lowest BCUT2D eigenvalue weighted by Gasteiger charge is -2.09. The Kier molecular flexibility index (Phi) is 3.75. The molecule has 0 aliphatic heterocycles. The van der Waals surface area contributed by atoms with Gasteiger partial charge in [-0.25, -0.2) is 9.97 Å². The third kappa shape index (κ3) is 2.94. The van der Waals surface area contributed by atoms with Gasteiger partial charge in [0.25, 0.3) is 5.91 Å². The molecule has 3 heterocycles. The molecule has 3 rings (SSSR count). The lowest BCUT2D eigenvalue weighted by molar-refractivity contribution is -0.137. The van der Waals surface area contributed by atoms with E-state index in [1.165, 1.54) is 6.07 Å². The number of carbonyl (C=O) groups excluding carboxylic acids is 1. The van der Waals surface area contributed by atoms with E-state index in [0.29, 0.717) is 11.5 Å². The molecule has 0 unspecified atom stereocenters. The summed E-state index contributed by atoms with van der Waals surface area (Å²) >= 11 is 0. The number of carbonyl (C=O) groups is 1. The fourth-order valence-corrected chi connectivity index (χ4v) is 2.32. The molecule has 0 radical (unpaired) electrons. The average molecular weight is 334 g/mol. The standard InChI is InChI=1S/C16H13F3N4O/c1-9-3-5-12(20-7-9)22-15(24)14-10(2)21-13-6-4-11(8-23(13)14)16(17,18)19/h3-8H,1-2H3,(H,20,22,24). The fourth-order valence-electron chi connectivity index (χ4n) is 2.32. The molecule has 0 spiro atoms. The Labute approximate surface area is 135 Å². The number of imidazole rings is 1. The second-order valence-corrected chi connectivity index (χ2v) is 5.36. The highest BCUT2D eigenvalue weighted by Crippen LogP contribution is 2.29. The summed E-state index contributed by atoms with van der Waals surface area (Å²) in [6.07, 6.45) is -2.05. The van der Waals surface area contributed by atoms with Crippen LogP contribution in [0.5, 0.6) is 0 Å². The van der Waals surface area contributed by atoms with E-state index in [9.17, 15) is 18.0 Å². The van der Waals surface area contributed by atoms with Crippen molar-refractivity contribution in [3.8, 4) is 0 Å². The zero-order valence-corrected chi connectivity index (χ0v) is 12.8. The van der Waals surface area contributed by atoms with Gasteiger partial charge in [-0.2, -0.15) is 13.2 Å². The number of amides is 1. The molecule has 0 bridgehead atoms. The van der Waals surface area contributed by atoms with Crippen molar-refractivity contribution in [2.75, 3.05) is 5.32 Å². The van der Waals surface area contributed by atoms with Crippen LogP contribution in [0.25, 0.3) is 5.65 Å². The lowest BCUT2D eigenvalue weighted by atomic mass is 10.2. The van der Waals surface area contributed by atoms with E-state index in [0.717, 1.165) is 22.2 Å². The average Bonchev–Trinajstić information content (AvgIpc) is 2.83. The first-order valence-electron chi connectivity index (χ1n) is 7.05. The molecule has 124 valence electrons. The van der Waals surface area contributed by atoms with Gasteiger partial charge in [0.05, 0.1) is 11.3 Å². The maximum Gasteiger partial charge on any atom is 0.417 e. The quantitative estimate of drug-likeness (QED) is 0.779. The highest BCUT2D eigenvalue weighted by Gasteiger charge is 2.31. The Balaban J connectivity index is 2.02. The number of aryl methyl sites for hydroxylation is 2. The van der Waals surface area contributed by atoms with Crippen molar-refractivity contribution >= 4 is 17.4 Å². The predicted molar refractivity (Wildman–Crippen MR) is 81.9 cm³/mol. The highest BCUT2D eigenvalue weighted by molar-refractivity contribution is 6.04.